The van der Waals surface area contributed by atoms with Crippen LogP contribution in [0.5, 0.6) is 0 Å². The van der Waals surface area contributed by atoms with E-state index in [0.29, 0.717) is 37.1 Å². The Kier molecular flexibility index (Phi) is 6.68. The number of amides is 1. The lowest BCUT2D eigenvalue weighted by atomic mass is 9.90. The number of nitrogens with zero attached hydrogens (tertiary/aromatic N) is 1. The number of aldehydes is 1. The molecule has 1 amide bonds. The molecular weight excluding hydrogens is 422 g/mol. The van der Waals surface area contributed by atoms with Crippen LogP contribution in [0.2, 0.25) is 0 Å². The zero-order valence-corrected chi connectivity index (χ0v) is 19.1. The van der Waals surface area contributed by atoms with Crippen LogP contribution in [0.3, 0.4) is 0 Å². The summed E-state index contributed by atoms with van der Waals surface area (Å²) in [4.78, 5) is 25.7. The number of rotatable bonds is 4. The van der Waals surface area contributed by atoms with Crippen molar-refractivity contribution in [3.8, 4) is 0 Å². The Balaban J connectivity index is 0.000000821. The van der Waals surface area contributed by atoms with E-state index in [1.54, 1.807) is 50.6 Å². The van der Waals surface area contributed by atoms with Crippen LogP contribution in [0, 0.1) is 11.8 Å². The predicted octanol–water partition coefficient (Wildman–Crippen LogP) is 2.35. The minimum absolute atomic E-state index is 0.00771. The molecule has 0 radical (unpaired) electrons. The Morgan fingerprint density at radius 1 is 0.939 bits per heavy atom. The Labute approximate surface area is 193 Å². The first kappa shape index (κ1) is 23.6. The fraction of sp³-hybridized carbons (Fsp3) is 0.462. The topological polar surface area (TPSA) is 96.3 Å². The molecule has 2 atom stereocenters. The molecule has 1 aliphatic carbocycles. The summed E-state index contributed by atoms with van der Waals surface area (Å²) in [6.45, 7) is 1.85. The third-order valence-corrected chi connectivity index (χ3v) is 7.00. The third-order valence-electron chi connectivity index (χ3n) is 7.00. The SMILES string of the molecule is COC.O=Cc1ccc(C2(O)CC3CN(C(=O)c4ccc(C5(O)COC5)cc4)CC3C2)cc1. The molecule has 1 saturated carbocycles. The van der Waals surface area contributed by atoms with Crippen LogP contribution >= 0.6 is 0 Å². The van der Waals surface area contributed by atoms with E-state index < -0.39 is 11.2 Å². The summed E-state index contributed by atoms with van der Waals surface area (Å²) in [6.07, 6.45) is 2.04. The van der Waals surface area contributed by atoms with Crippen molar-refractivity contribution in [1.82, 2.24) is 4.90 Å². The smallest absolute Gasteiger partial charge is 0.253 e. The van der Waals surface area contributed by atoms with Crippen molar-refractivity contribution in [2.24, 2.45) is 11.8 Å². The fourth-order valence-corrected chi connectivity index (χ4v) is 5.19. The number of likely N-dealkylation sites (tertiary alicyclic amines) is 1. The highest BCUT2D eigenvalue weighted by molar-refractivity contribution is 5.94. The fourth-order valence-electron chi connectivity index (χ4n) is 5.19. The molecule has 2 aromatic carbocycles. The van der Waals surface area contributed by atoms with E-state index in [1.165, 1.54) is 0 Å². The van der Waals surface area contributed by atoms with Gasteiger partial charge in [-0.1, -0.05) is 36.4 Å². The average Bonchev–Trinajstić information content (AvgIpc) is 3.33. The van der Waals surface area contributed by atoms with Crippen LogP contribution in [-0.4, -0.2) is 67.8 Å². The molecule has 3 fully saturated rings. The molecule has 2 saturated heterocycles. The standard InChI is InChI=1S/C24H25NO5.C2H6O/c26-13-16-1-5-20(6-2-16)23(28)9-18-11-25(12-19(18)10-23)22(27)17-3-7-21(8-4-17)24(29)14-30-15-24;1-3-2/h1-8,13,18-19,28-29H,9-12,14-15H2;1-2H3. The molecule has 5 rings (SSSR count). The van der Waals surface area contributed by atoms with Crippen molar-refractivity contribution in [3.05, 3.63) is 70.8 Å². The molecule has 7 nitrogen and oxygen atoms in total. The zero-order chi connectivity index (χ0) is 23.6. The largest absolute Gasteiger partial charge is 0.388 e. The maximum atomic E-state index is 13.0. The molecule has 2 N–H and O–H groups in total. The van der Waals surface area contributed by atoms with E-state index in [1.807, 2.05) is 17.0 Å². The lowest BCUT2D eigenvalue weighted by molar-refractivity contribution is -0.184. The van der Waals surface area contributed by atoms with Crippen LogP contribution < -0.4 is 0 Å². The molecule has 33 heavy (non-hydrogen) atoms. The normalized spacial score (nSPS) is 27.2. The quantitative estimate of drug-likeness (QED) is 0.690. The Bertz CT molecular complexity index is 969. The minimum Gasteiger partial charge on any atom is -0.388 e. The third kappa shape index (κ3) is 4.59. The number of carbonyl (C=O) groups excluding carboxylic acids is 2. The van der Waals surface area contributed by atoms with Gasteiger partial charge in [-0.15, -0.1) is 0 Å². The second-order valence-corrected chi connectivity index (χ2v) is 9.42. The zero-order valence-electron chi connectivity index (χ0n) is 19.1. The van der Waals surface area contributed by atoms with E-state index in [-0.39, 0.29) is 31.0 Å². The van der Waals surface area contributed by atoms with Gasteiger partial charge in [-0.2, -0.15) is 0 Å². The van der Waals surface area contributed by atoms with E-state index >= 15 is 0 Å². The number of methoxy groups -OCH3 is 1. The second kappa shape index (κ2) is 9.35. The van der Waals surface area contributed by atoms with Gasteiger partial charge in [0.25, 0.3) is 5.91 Å². The summed E-state index contributed by atoms with van der Waals surface area (Å²) in [7, 11) is 3.25. The molecule has 7 heteroatoms. The number of benzene rings is 2. The van der Waals surface area contributed by atoms with Gasteiger partial charge in [0.1, 0.15) is 11.9 Å². The maximum Gasteiger partial charge on any atom is 0.253 e. The molecule has 2 heterocycles. The highest BCUT2D eigenvalue weighted by Gasteiger charge is 2.50. The highest BCUT2D eigenvalue weighted by Crippen LogP contribution is 2.49. The summed E-state index contributed by atoms with van der Waals surface area (Å²) in [5.74, 6) is 0.514. The molecule has 2 aromatic rings. The molecule has 2 unspecified atom stereocenters. The summed E-state index contributed by atoms with van der Waals surface area (Å²) in [5.41, 5.74) is 1.000. The Hall–Kier alpha value is -2.58. The Morgan fingerprint density at radius 2 is 1.42 bits per heavy atom. The summed E-state index contributed by atoms with van der Waals surface area (Å²) < 4.78 is 9.34. The van der Waals surface area contributed by atoms with Crippen molar-refractivity contribution >= 4 is 12.2 Å². The second-order valence-electron chi connectivity index (χ2n) is 9.42. The molecule has 0 aromatic heterocycles. The van der Waals surface area contributed by atoms with Gasteiger partial charge >= 0.3 is 0 Å². The van der Waals surface area contributed by atoms with Crippen LogP contribution in [0.15, 0.2) is 48.5 Å². The number of hydrogen-bond acceptors (Lipinski definition) is 6. The number of ether oxygens (including phenoxy) is 2. The monoisotopic (exact) mass is 453 g/mol. The number of hydrogen-bond donors (Lipinski definition) is 2. The molecule has 2 aliphatic heterocycles. The maximum absolute atomic E-state index is 13.0. The van der Waals surface area contributed by atoms with Crippen molar-refractivity contribution in [2.75, 3.05) is 40.5 Å². The number of carbonyl (C=O) groups is 2. The first-order chi connectivity index (χ1) is 15.8. The van der Waals surface area contributed by atoms with Crippen molar-refractivity contribution in [3.63, 3.8) is 0 Å². The van der Waals surface area contributed by atoms with Gasteiger partial charge < -0.3 is 24.6 Å². The van der Waals surface area contributed by atoms with Crippen molar-refractivity contribution < 1.29 is 29.3 Å². The van der Waals surface area contributed by atoms with Gasteiger partial charge in [0.15, 0.2) is 0 Å². The van der Waals surface area contributed by atoms with Gasteiger partial charge in [-0.3, -0.25) is 9.59 Å². The highest BCUT2D eigenvalue weighted by atomic mass is 16.5. The molecule has 176 valence electrons. The van der Waals surface area contributed by atoms with E-state index in [2.05, 4.69) is 4.74 Å². The lowest BCUT2D eigenvalue weighted by Crippen LogP contribution is -2.46. The molecular formula is C26H31NO6. The Morgan fingerprint density at radius 3 is 1.88 bits per heavy atom. The molecule has 0 spiro atoms. The first-order valence-electron chi connectivity index (χ1n) is 11.2. The minimum atomic E-state index is -0.930. The van der Waals surface area contributed by atoms with Crippen molar-refractivity contribution in [2.45, 2.75) is 24.0 Å². The summed E-state index contributed by atoms with van der Waals surface area (Å²) in [6, 6.07) is 14.3. The molecule has 0 bridgehead atoms. The number of fused-ring (bicyclic) bond motifs is 1. The van der Waals surface area contributed by atoms with Gasteiger partial charge in [0.2, 0.25) is 0 Å². The van der Waals surface area contributed by atoms with Crippen LogP contribution in [0.25, 0.3) is 0 Å². The van der Waals surface area contributed by atoms with Crippen LogP contribution in [0.1, 0.15) is 44.7 Å². The predicted molar refractivity (Wildman–Crippen MR) is 122 cm³/mol. The van der Waals surface area contributed by atoms with Gasteiger partial charge in [-0.05, 0) is 47.9 Å². The first-order valence-corrected chi connectivity index (χ1v) is 11.2. The lowest BCUT2D eigenvalue weighted by Gasteiger charge is -2.36. The summed E-state index contributed by atoms with van der Waals surface area (Å²) >= 11 is 0. The van der Waals surface area contributed by atoms with Gasteiger partial charge in [-0.25, -0.2) is 0 Å². The van der Waals surface area contributed by atoms with Crippen LogP contribution in [0.4, 0.5) is 0 Å². The van der Waals surface area contributed by atoms with E-state index in [0.717, 1.165) is 17.4 Å². The van der Waals surface area contributed by atoms with Crippen LogP contribution in [-0.2, 0) is 20.7 Å². The molecule has 3 aliphatic rings. The van der Waals surface area contributed by atoms with E-state index in [4.69, 9.17) is 4.74 Å². The summed E-state index contributed by atoms with van der Waals surface area (Å²) in [5, 5.41) is 21.5. The van der Waals surface area contributed by atoms with E-state index in [9.17, 15) is 19.8 Å². The van der Waals surface area contributed by atoms with Gasteiger partial charge in [0, 0.05) is 38.4 Å². The average molecular weight is 454 g/mol. The van der Waals surface area contributed by atoms with Crippen molar-refractivity contribution in [1.29, 1.82) is 0 Å². The van der Waals surface area contributed by atoms with Gasteiger partial charge in [0.05, 0.1) is 18.8 Å². The number of aliphatic hydroxyl groups is 2.